The second-order valence-electron chi connectivity index (χ2n) is 10.7. The zero-order valence-corrected chi connectivity index (χ0v) is 19.7. The largest absolute Gasteiger partial charge is 0.586 e. The molecule has 0 saturated heterocycles. The summed E-state index contributed by atoms with van der Waals surface area (Å²) in [5.74, 6) is 0.0551. The maximum Gasteiger partial charge on any atom is 0.586 e. The molecule has 2 aromatic carbocycles. The van der Waals surface area contributed by atoms with Crippen LogP contribution in [0.2, 0.25) is 0 Å². The Morgan fingerprint density at radius 2 is 1.88 bits per heavy atom. The van der Waals surface area contributed by atoms with E-state index < -0.39 is 11.7 Å². The SMILES string of the molecule is CC(C)(C)C1Cc2cc(CC(=O)C3(c4ccc5c(c4)OC(F)(F)O5)CC3)ccc2N1CCC#N. The molecule has 34 heavy (non-hydrogen) atoms. The van der Waals surface area contributed by atoms with E-state index in [9.17, 15) is 13.6 Å². The first kappa shape index (κ1) is 22.6. The van der Waals surface area contributed by atoms with E-state index in [1.165, 1.54) is 17.7 Å². The van der Waals surface area contributed by atoms with E-state index in [0.717, 1.165) is 17.7 Å². The molecule has 0 spiro atoms. The smallest absolute Gasteiger partial charge is 0.395 e. The molecule has 1 unspecified atom stereocenters. The summed E-state index contributed by atoms with van der Waals surface area (Å²) in [4.78, 5) is 15.7. The van der Waals surface area contributed by atoms with Gasteiger partial charge in [-0.1, -0.05) is 39.0 Å². The quantitative estimate of drug-likeness (QED) is 0.559. The Morgan fingerprint density at radius 3 is 2.56 bits per heavy atom. The normalized spacial score (nSPS) is 21.2. The summed E-state index contributed by atoms with van der Waals surface area (Å²) in [5, 5.41) is 9.09. The number of benzene rings is 2. The first-order chi connectivity index (χ1) is 16.0. The van der Waals surface area contributed by atoms with Crippen LogP contribution in [0.15, 0.2) is 36.4 Å². The molecule has 5 rings (SSSR count). The average Bonchev–Trinajstić information content (AvgIpc) is 3.39. The second-order valence-corrected chi connectivity index (χ2v) is 10.7. The lowest BCUT2D eigenvalue weighted by Gasteiger charge is -2.36. The fourth-order valence-electron chi connectivity index (χ4n) is 5.35. The highest BCUT2D eigenvalue weighted by Crippen LogP contribution is 2.53. The van der Waals surface area contributed by atoms with Crippen molar-refractivity contribution >= 4 is 11.5 Å². The van der Waals surface area contributed by atoms with E-state index in [1.807, 2.05) is 6.07 Å². The number of halogens is 2. The molecule has 5 nitrogen and oxygen atoms in total. The lowest BCUT2D eigenvalue weighted by molar-refractivity contribution is -0.286. The number of ether oxygens (including phenoxy) is 2. The summed E-state index contributed by atoms with van der Waals surface area (Å²) in [5.41, 5.74) is 3.41. The number of alkyl halides is 2. The minimum Gasteiger partial charge on any atom is -0.395 e. The summed E-state index contributed by atoms with van der Waals surface area (Å²) >= 11 is 0. The Balaban J connectivity index is 1.35. The molecule has 2 aromatic rings. The van der Waals surface area contributed by atoms with Crippen LogP contribution in [0.5, 0.6) is 11.5 Å². The number of rotatable bonds is 6. The lowest BCUT2D eigenvalue weighted by Crippen LogP contribution is -2.42. The topological polar surface area (TPSA) is 62.6 Å². The van der Waals surface area contributed by atoms with Crippen LogP contribution in [-0.2, 0) is 23.1 Å². The van der Waals surface area contributed by atoms with Gasteiger partial charge in [0.1, 0.15) is 5.78 Å². The van der Waals surface area contributed by atoms with Gasteiger partial charge in [-0.3, -0.25) is 4.79 Å². The Kier molecular flexibility index (Phi) is 5.12. The van der Waals surface area contributed by atoms with Crippen molar-refractivity contribution in [3.05, 3.63) is 53.1 Å². The molecule has 2 heterocycles. The molecular weight excluding hydrogens is 438 g/mol. The van der Waals surface area contributed by atoms with Crippen LogP contribution in [0.4, 0.5) is 14.5 Å². The summed E-state index contributed by atoms with van der Waals surface area (Å²) < 4.78 is 35.9. The van der Waals surface area contributed by atoms with E-state index in [0.29, 0.717) is 37.4 Å². The number of ketones is 1. The van der Waals surface area contributed by atoms with Gasteiger partial charge in [-0.05, 0) is 59.6 Å². The Labute approximate surface area is 198 Å². The molecule has 7 heteroatoms. The number of nitriles is 1. The molecule has 178 valence electrons. The molecular formula is C27H28F2N2O3. The molecule has 0 bridgehead atoms. The van der Waals surface area contributed by atoms with Gasteiger partial charge in [0.15, 0.2) is 11.5 Å². The Bertz CT molecular complexity index is 1190. The van der Waals surface area contributed by atoms with Crippen LogP contribution < -0.4 is 14.4 Å². The third-order valence-electron chi connectivity index (χ3n) is 7.31. The number of Topliss-reactive ketones (excluding diaryl/α,β-unsaturated/α-hetero) is 1. The predicted molar refractivity (Wildman–Crippen MR) is 123 cm³/mol. The summed E-state index contributed by atoms with van der Waals surface area (Å²) in [7, 11) is 0. The van der Waals surface area contributed by atoms with Crippen LogP contribution in [0.25, 0.3) is 0 Å². The molecule has 2 aliphatic heterocycles. The van der Waals surface area contributed by atoms with E-state index in [4.69, 9.17) is 5.26 Å². The van der Waals surface area contributed by atoms with Gasteiger partial charge in [0.25, 0.3) is 0 Å². The molecule has 0 radical (unpaired) electrons. The summed E-state index contributed by atoms with van der Waals surface area (Å²) in [6, 6.07) is 13.4. The number of nitrogens with zero attached hydrogens (tertiary/aromatic N) is 2. The van der Waals surface area contributed by atoms with E-state index in [2.05, 4.69) is 53.3 Å². The van der Waals surface area contributed by atoms with Crippen molar-refractivity contribution in [2.45, 2.75) is 70.6 Å². The van der Waals surface area contributed by atoms with Gasteiger partial charge in [0.05, 0.1) is 17.9 Å². The van der Waals surface area contributed by atoms with Crippen molar-refractivity contribution in [1.82, 2.24) is 0 Å². The van der Waals surface area contributed by atoms with Gasteiger partial charge in [-0.2, -0.15) is 5.26 Å². The molecule has 1 saturated carbocycles. The first-order valence-corrected chi connectivity index (χ1v) is 11.7. The van der Waals surface area contributed by atoms with E-state index in [-0.39, 0.29) is 29.1 Å². The fourth-order valence-corrected chi connectivity index (χ4v) is 5.35. The predicted octanol–water partition coefficient (Wildman–Crippen LogP) is 5.54. The van der Waals surface area contributed by atoms with Gasteiger partial charge in [-0.25, -0.2) is 0 Å². The first-order valence-electron chi connectivity index (χ1n) is 11.7. The molecule has 3 aliphatic rings. The highest BCUT2D eigenvalue weighted by Gasteiger charge is 2.52. The van der Waals surface area contributed by atoms with Crippen molar-refractivity contribution in [2.75, 3.05) is 11.4 Å². The van der Waals surface area contributed by atoms with Crippen LogP contribution >= 0.6 is 0 Å². The minimum atomic E-state index is -3.67. The van der Waals surface area contributed by atoms with Gasteiger partial charge >= 0.3 is 6.29 Å². The monoisotopic (exact) mass is 466 g/mol. The molecule has 0 amide bonds. The molecule has 1 aliphatic carbocycles. The van der Waals surface area contributed by atoms with Crippen LogP contribution in [0.3, 0.4) is 0 Å². The maximum atomic E-state index is 13.4. The van der Waals surface area contributed by atoms with Crippen molar-refractivity contribution in [3.63, 3.8) is 0 Å². The third-order valence-corrected chi connectivity index (χ3v) is 7.31. The van der Waals surface area contributed by atoms with E-state index >= 15 is 0 Å². The zero-order chi connectivity index (χ0) is 24.3. The highest BCUT2D eigenvalue weighted by molar-refractivity contribution is 5.95. The van der Waals surface area contributed by atoms with Crippen LogP contribution in [-0.4, -0.2) is 24.7 Å². The molecule has 0 aromatic heterocycles. The minimum absolute atomic E-state index is 0.00928. The number of fused-ring (bicyclic) bond motifs is 2. The second kappa shape index (κ2) is 7.69. The molecule has 1 fully saturated rings. The Morgan fingerprint density at radius 1 is 1.15 bits per heavy atom. The van der Waals surface area contributed by atoms with Gasteiger partial charge < -0.3 is 14.4 Å². The summed E-state index contributed by atoms with van der Waals surface area (Å²) in [6.07, 6.45) is -0.639. The van der Waals surface area contributed by atoms with Crippen LogP contribution in [0.1, 0.15) is 56.7 Å². The number of carbonyl (C=O) groups is 1. The zero-order valence-electron chi connectivity index (χ0n) is 19.7. The van der Waals surface area contributed by atoms with Crippen molar-refractivity contribution < 1.29 is 23.0 Å². The van der Waals surface area contributed by atoms with Gasteiger partial charge in [0.2, 0.25) is 0 Å². The number of carbonyl (C=O) groups excluding carboxylic acids is 1. The number of hydrogen-bond donors (Lipinski definition) is 0. The maximum absolute atomic E-state index is 13.4. The molecule has 0 N–H and O–H groups in total. The van der Waals surface area contributed by atoms with Crippen molar-refractivity contribution in [2.24, 2.45) is 5.41 Å². The summed E-state index contributed by atoms with van der Waals surface area (Å²) in [6.45, 7) is 7.33. The number of anilines is 1. The van der Waals surface area contributed by atoms with Gasteiger partial charge in [0, 0.05) is 24.7 Å². The van der Waals surface area contributed by atoms with Crippen LogP contribution in [0, 0.1) is 16.7 Å². The Hall–Kier alpha value is -3.14. The number of hydrogen-bond acceptors (Lipinski definition) is 5. The molecule has 1 atom stereocenters. The standard InChI is InChI=1S/C27H28F2N2O3/c1-25(2,3)23-15-18-13-17(5-7-20(18)31(23)12-4-11-30)14-24(32)26(9-10-26)19-6-8-21-22(16-19)34-27(28,29)33-21/h5-8,13,16,23H,4,9-10,12,14-15H2,1-3H3. The van der Waals surface area contributed by atoms with E-state index in [1.54, 1.807) is 6.07 Å². The van der Waals surface area contributed by atoms with Crippen molar-refractivity contribution in [1.29, 1.82) is 5.26 Å². The average molecular weight is 467 g/mol. The highest BCUT2D eigenvalue weighted by atomic mass is 19.3. The van der Waals surface area contributed by atoms with Gasteiger partial charge in [-0.15, -0.1) is 8.78 Å². The lowest BCUT2D eigenvalue weighted by atomic mass is 9.84. The van der Waals surface area contributed by atoms with Crippen molar-refractivity contribution in [3.8, 4) is 17.6 Å². The third kappa shape index (κ3) is 3.89. The fraction of sp³-hybridized carbons (Fsp3) is 0.481.